The molecule has 1 aromatic rings. The zero-order chi connectivity index (χ0) is 24.9. The van der Waals surface area contributed by atoms with Gasteiger partial charge < -0.3 is 18.9 Å². The molecule has 2 saturated heterocycles. The van der Waals surface area contributed by atoms with E-state index in [4.69, 9.17) is 18.9 Å². The lowest BCUT2D eigenvalue weighted by Gasteiger charge is -2.18. The van der Waals surface area contributed by atoms with Crippen LogP contribution in [0.15, 0.2) is 14.4 Å². The molecule has 36 heavy (non-hydrogen) atoms. The molecule has 0 N–H and O–H groups in total. The fraction of sp³-hybridized carbons (Fsp3) is 0.792. The van der Waals surface area contributed by atoms with Gasteiger partial charge in [0.25, 0.3) is 0 Å². The summed E-state index contributed by atoms with van der Waals surface area (Å²) in [6.45, 7) is -0.653. The first-order valence-electron chi connectivity index (χ1n) is 12.9. The molecule has 0 radical (unpaired) electrons. The topological polar surface area (TPSA) is 144 Å². The van der Waals surface area contributed by atoms with Crippen LogP contribution in [0.5, 0.6) is 0 Å². The van der Waals surface area contributed by atoms with Crippen molar-refractivity contribution in [2.45, 2.75) is 63.2 Å². The third kappa shape index (κ3) is 3.29. The number of ether oxygens (including phenoxy) is 4. The summed E-state index contributed by atoms with van der Waals surface area (Å²) in [7, 11) is 1.28. The van der Waals surface area contributed by atoms with E-state index in [0.29, 0.717) is 24.0 Å². The van der Waals surface area contributed by atoms with Crippen LogP contribution in [0.1, 0.15) is 25.7 Å². The van der Waals surface area contributed by atoms with Crippen LogP contribution in [0.2, 0.25) is 0 Å². The predicted molar refractivity (Wildman–Crippen MR) is 119 cm³/mol. The molecule has 3 heterocycles. The molecule has 10 unspecified atom stereocenters. The fourth-order valence-electron chi connectivity index (χ4n) is 7.57. The van der Waals surface area contributed by atoms with Crippen LogP contribution in [-0.2, 0) is 48.7 Å². The largest absolute Gasteiger partial charge is 0.464 e. The van der Waals surface area contributed by atoms with Crippen molar-refractivity contribution in [1.29, 1.82) is 0 Å². The summed E-state index contributed by atoms with van der Waals surface area (Å²) in [5, 5.41) is 0. The van der Waals surface area contributed by atoms with E-state index >= 15 is 0 Å². The van der Waals surface area contributed by atoms with Gasteiger partial charge in [0.1, 0.15) is 13.2 Å². The summed E-state index contributed by atoms with van der Waals surface area (Å²) in [4.78, 5) is 63.2. The van der Waals surface area contributed by atoms with E-state index in [9.17, 15) is 24.0 Å². The second-order valence-electron chi connectivity index (χ2n) is 11.2. The van der Waals surface area contributed by atoms with Crippen LogP contribution in [0.4, 0.5) is 0 Å². The van der Waals surface area contributed by atoms with Gasteiger partial charge in [0, 0.05) is 18.9 Å². The maximum absolute atomic E-state index is 12.9. The number of rotatable bonds is 8. The Morgan fingerprint density at radius 3 is 1.56 bits per heavy atom. The molecule has 1 aromatic heterocycles. The maximum atomic E-state index is 12.9. The average molecular weight is 504 g/mol. The molecular formula is C24H29N3O9. The van der Waals surface area contributed by atoms with Crippen molar-refractivity contribution < 1.29 is 28.5 Å². The first-order valence-corrected chi connectivity index (χ1v) is 12.9. The molecule has 6 aliphatic rings. The van der Waals surface area contributed by atoms with E-state index < -0.39 is 17.1 Å². The van der Waals surface area contributed by atoms with E-state index in [2.05, 4.69) is 0 Å². The molecule has 12 nitrogen and oxygen atoms in total. The first-order chi connectivity index (χ1) is 17.3. The Morgan fingerprint density at radius 1 is 0.722 bits per heavy atom. The third-order valence-electron chi connectivity index (χ3n) is 9.41. The van der Waals surface area contributed by atoms with E-state index in [-0.39, 0.29) is 74.1 Å². The number of nitrogens with zero attached hydrogens (tertiary/aromatic N) is 3. The van der Waals surface area contributed by atoms with Crippen LogP contribution >= 0.6 is 0 Å². The number of esters is 2. The zero-order valence-corrected chi connectivity index (χ0v) is 19.9. The highest BCUT2D eigenvalue weighted by atomic mass is 16.6. The summed E-state index contributed by atoms with van der Waals surface area (Å²) in [6, 6.07) is 0. The third-order valence-corrected chi connectivity index (χ3v) is 9.41. The Bertz CT molecular complexity index is 1220. The normalized spacial score (nSPS) is 40.1. The van der Waals surface area contributed by atoms with Crippen molar-refractivity contribution >= 4 is 11.9 Å². The highest BCUT2D eigenvalue weighted by Crippen LogP contribution is 2.59. The molecule has 4 aliphatic carbocycles. The Balaban J connectivity index is 0.971. The molecule has 2 aliphatic heterocycles. The highest BCUT2D eigenvalue weighted by molar-refractivity contribution is 5.74. The Kier molecular flexibility index (Phi) is 4.92. The Hall–Kier alpha value is -2.73. The first kappa shape index (κ1) is 22.5. The second-order valence-corrected chi connectivity index (χ2v) is 11.2. The van der Waals surface area contributed by atoms with Crippen LogP contribution in [-0.4, -0.2) is 63.3 Å². The smallest absolute Gasteiger partial charge is 0.336 e. The maximum Gasteiger partial charge on any atom is 0.336 e. The lowest BCUT2D eigenvalue weighted by molar-refractivity contribution is -0.151. The summed E-state index contributed by atoms with van der Waals surface area (Å²) >= 11 is 0. The molecule has 0 amide bonds. The van der Waals surface area contributed by atoms with Gasteiger partial charge in [0.2, 0.25) is 0 Å². The predicted octanol–water partition coefficient (Wildman–Crippen LogP) is -1.36. The van der Waals surface area contributed by atoms with Crippen molar-refractivity contribution in [3.8, 4) is 0 Å². The van der Waals surface area contributed by atoms with Gasteiger partial charge in [-0.1, -0.05) is 0 Å². The van der Waals surface area contributed by atoms with E-state index in [1.165, 1.54) is 7.05 Å². The number of hydrogen-bond acceptors (Lipinski definition) is 9. The molecule has 6 fully saturated rings. The van der Waals surface area contributed by atoms with E-state index in [1.807, 2.05) is 0 Å². The number of epoxide rings is 2. The SMILES string of the molecule is Cn1c(=O)n(CCOC(=O)C2CC3CC2C2OC32)c(=O)n(CCOC(=O)C2CC3CC2C2OC32)c1=O. The Labute approximate surface area is 205 Å². The molecule has 7 rings (SSSR count). The molecule has 4 saturated carbocycles. The number of carbonyl (C=O) groups is 2. The van der Waals surface area contributed by atoms with Crippen LogP contribution < -0.4 is 17.1 Å². The highest BCUT2D eigenvalue weighted by Gasteiger charge is 2.65. The molecular weight excluding hydrogens is 474 g/mol. The summed E-state index contributed by atoms with van der Waals surface area (Å²) in [6.07, 6.45) is 4.47. The minimum Gasteiger partial charge on any atom is -0.464 e. The summed E-state index contributed by atoms with van der Waals surface area (Å²) in [5.41, 5.74) is -2.40. The standard InChI is InChI=1S/C24H29N3O9/c1-25-22(30)26(2-4-33-20(28)14-8-10-6-12(14)18-16(10)35-18)24(32)27(23(25)31)3-5-34-21(29)15-9-11-7-13(15)19-17(11)36-19/h10-19H,2-9H2,1H3. The summed E-state index contributed by atoms with van der Waals surface area (Å²) in [5.74, 6) is 0.190. The van der Waals surface area contributed by atoms with Crippen LogP contribution in [0.25, 0.3) is 0 Å². The van der Waals surface area contributed by atoms with Gasteiger partial charge in [0.05, 0.1) is 49.3 Å². The van der Waals surface area contributed by atoms with Gasteiger partial charge >= 0.3 is 29.0 Å². The second kappa shape index (κ2) is 7.88. The number of aromatic nitrogens is 3. The number of carbonyl (C=O) groups excluding carboxylic acids is 2. The van der Waals surface area contributed by atoms with Gasteiger partial charge in [0.15, 0.2) is 0 Å². The number of hydrogen-bond donors (Lipinski definition) is 0. The van der Waals surface area contributed by atoms with E-state index in [1.54, 1.807) is 0 Å². The molecule has 0 spiro atoms. The quantitative estimate of drug-likeness (QED) is 0.310. The fourth-order valence-corrected chi connectivity index (χ4v) is 7.57. The monoisotopic (exact) mass is 503 g/mol. The zero-order valence-electron chi connectivity index (χ0n) is 19.9. The lowest BCUT2D eigenvalue weighted by Crippen LogP contribution is -2.54. The molecule has 0 aromatic carbocycles. The van der Waals surface area contributed by atoms with Crippen molar-refractivity contribution in [1.82, 2.24) is 13.7 Å². The molecule has 10 atom stereocenters. The van der Waals surface area contributed by atoms with Crippen molar-refractivity contribution in [3.63, 3.8) is 0 Å². The van der Waals surface area contributed by atoms with Crippen molar-refractivity contribution in [2.24, 2.45) is 42.6 Å². The van der Waals surface area contributed by atoms with Crippen LogP contribution in [0.3, 0.4) is 0 Å². The lowest BCUT2D eigenvalue weighted by atomic mass is 9.89. The average Bonchev–Trinajstić information content (AvgIpc) is 3.70. The minimum atomic E-state index is -0.821. The molecule has 4 bridgehead atoms. The summed E-state index contributed by atoms with van der Waals surface area (Å²) < 4.78 is 24.6. The van der Waals surface area contributed by atoms with Gasteiger partial charge in [-0.15, -0.1) is 0 Å². The Morgan fingerprint density at radius 2 is 1.17 bits per heavy atom. The molecule has 194 valence electrons. The minimum absolute atomic E-state index is 0.154. The van der Waals surface area contributed by atoms with Gasteiger partial charge in [-0.3, -0.25) is 9.59 Å². The van der Waals surface area contributed by atoms with Crippen molar-refractivity contribution in [3.05, 3.63) is 31.5 Å². The number of fused-ring (bicyclic) bond motifs is 10. The van der Waals surface area contributed by atoms with Crippen molar-refractivity contribution in [2.75, 3.05) is 13.2 Å². The van der Waals surface area contributed by atoms with E-state index in [0.717, 1.165) is 39.4 Å². The van der Waals surface area contributed by atoms with Gasteiger partial charge in [-0.25, -0.2) is 28.1 Å². The van der Waals surface area contributed by atoms with Gasteiger partial charge in [-0.05, 0) is 37.5 Å². The molecule has 12 heteroatoms. The van der Waals surface area contributed by atoms with Crippen LogP contribution in [0, 0.1) is 35.5 Å². The van der Waals surface area contributed by atoms with Gasteiger partial charge in [-0.2, -0.15) is 0 Å².